The highest BCUT2D eigenvalue weighted by Crippen LogP contribution is 2.20. The average Bonchev–Trinajstić information content (AvgIpc) is 2.77. The number of aryl methyl sites for hydroxylation is 1. The molecular formula is C26H32BO4S. The van der Waals surface area contributed by atoms with Crippen molar-refractivity contribution in [3.8, 4) is 0 Å². The van der Waals surface area contributed by atoms with Crippen molar-refractivity contribution in [2.24, 2.45) is 0 Å². The quantitative estimate of drug-likeness (QED) is 0.220. The van der Waals surface area contributed by atoms with Crippen LogP contribution in [-0.4, -0.2) is 45.2 Å². The van der Waals surface area contributed by atoms with Gasteiger partial charge in [0.05, 0.1) is 12.5 Å². The van der Waals surface area contributed by atoms with Gasteiger partial charge in [-0.25, -0.2) is 0 Å². The van der Waals surface area contributed by atoms with E-state index < -0.39 is 6.10 Å². The molecule has 4 nitrogen and oxygen atoms in total. The summed E-state index contributed by atoms with van der Waals surface area (Å²) < 4.78 is 11.1. The van der Waals surface area contributed by atoms with E-state index in [1.54, 1.807) is 24.9 Å². The Balaban J connectivity index is 0.00000512. The first kappa shape index (κ1) is 27.7. The summed E-state index contributed by atoms with van der Waals surface area (Å²) in [5, 5.41) is 0. The highest BCUT2D eigenvalue weighted by Gasteiger charge is 2.20. The van der Waals surface area contributed by atoms with Crippen LogP contribution in [0.5, 0.6) is 0 Å². The number of carbonyl (C=O) groups is 2. The Bertz CT molecular complexity index is 823. The molecule has 0 aliphatic carbocycles. The summed E-state index contributed by atoms with van der Waals surface area (Å²) in [5.41, 5.74) is 2.20. The van der Waals surface area contributed by atoms with Crippen LogP contribution in [0, 0.1) is 0 Å². The molecule has 2 rings (SSSR count). The fourth-order valence-electron chi connectivity index (χ4n) is 3.22. The van der Waals surface area contributed by atoms with Crippen molar-refractivity contribution >= 4 is 38.0 Å². The zero-order valence-electron chi connectivity index (χ0n) is 19.0. The van der Waals surface area contributed by atoms with E-state index in [1.807, 2.05) is 42.5 Å². The van der Waals surface area contributed by atoms with Gasteiger partial charge in [-0.2, -0.15) is 0 Å². The molecule has 32 heavy (non-hydrogen) atoms. The molecule has 0 saturated carbocycles. The Morgan fingerprint density at radius 1 is 1.00 bits per heavy atom. The third-order valence-corrected chi connectivity index (χ3v) is 6.01. The van der Waals surface area contributed by atoms with Gasteiger partial charge in [-0.15, -0.1) is 11.8 Å². The van der Waals surface area contributed by atoms with E-state index in [0.717, 1.165) is 29.7 Å². The minimum atomic E-state index is -0.416. The van der Waals surface area contributed by atoms with Gasteiger partial charge < -0.3 is 9.47 Å². The molecule has 2 aromatic rings. The molecule has 0 heterocycles. The Hall–Kier alpha value is -2.31. The van der Waals surface area contributed by atoms with Gasteiger partial charge in [0.15, 0.2) is 0 Å². The molecule has 0 saturated heterocycles. The molecule has 3 radical (unpaired) electrons. The van der Waals surface area contributed by atoms with E-state index in [-0.39, 0.29) is 39.1 Å². The van der Waals surface area contributed by atoms with Gasteiger partial charge in [-0.1, -0.05) is 55.1 Å². The number of ether oxygens (including phenoxy) is 2. The Morgan fingerprint density at radius 3 is 2.28 bits per heavy atom. The highest BCUT2D eigenvalue weighted by molar-refractivity contribution is 7.99. The van der Waals surface area contributed by atoms with Crippen LogP contribution in [0.15, 0.2) is 66.1 Å². The lowest BCUT2D eigenvalue weighted by Crippen LogP contribution is -2.25. The Kier molecular flexibility index (Phi) is 13.4. The zero-order valence-corrected chi connectivity index (χ0v) is 19.8. The van der Waals surface area contributed by atoms with Crippen LogP contribution in [0.4, 0.5) is 0 Å². The summed E-state index contributed by atoms with van der Waals surface area (Å²) in [5.74, 6) is 0.556. The second-order valence-corrected chi connectivity index (χ2v) is 8.68. The topological polar surface area (TPSA) is 52.6 Å². The molecule has 0 fully saturated rings. The summed E-state index contributed by atoms with van der Waals surface area (Å²) in [4.78, 5) is 25.4. The van der Waals surface area contributed by atoms with Gasteiger partial charge in [-0.3, -0.25) is 9.59 Å². The molecule has 0 spiro atoms. The van der Waals surface area contributed by atoms with E-state index in [1.165, 1.54) is 11.8 Å². The van der Waals surface area contributed by atoms with Crippen molar-refractivity contribution < 1.29 is 19.1 Å². The third-order valence-electron chi connectivity index (χ3n) is 4.96. The van der Waals surface area contributed by atoms with E-state index in [4.69, 9.17) is 9.47 Å². The molecule has 0 N–H and O–H groups in total. The summed E-state index contributed by atoms with van der Waals surface area (Å²) in [7, 11) is 1.62. The SMILES string of the molecule is C=Cc1ccc(CCC(CC(C)=O)OC(=O)CC(CCSc2ccccc2)OC)cc1.[B]. The van der Waals surface area contributed by atoms with Crippen LogP contribution in [0.2, 0.25) is 0 Å². The largest absolute Gasteiger partial charge is 0.462 e. The zero-order chi connectivity index (χ0) is 22.5. The van der Waals surface area contributed by atoms with E-state index in [9.17, 15) is 9.59 Å². The van der Waals surface area contributed by atoms with Crippen LogP contribution in [-0.2, 0) is 25.5 Å². The standard InChI is InChI=1S/C26H32O4S.B/c1-4-21-10-12-22(13-11-21)14-15-24(18-20(2)27)30-26(28)19-23(29-3)16-17-31-25-8-6-5-7-9-25;/h4-13,23-24H,1,14-19H2,2-3H3;. The monoisotopic (exact) mass is 451 g/mol. The molecular weight excluding hydrogens is 419 g/mol. The predicted octanol–water partition coefficient (Wildman–Crippen LogP) is 5.36. The maximum Gasteiger partial charge on any atom is 0.308 e. The first-order chi connectivity index (χ1) is 15.0. The van der Waals surface area contributed by atoms with Gasteiger partial charge in [0.25, 0.3) is 0 Å². The number of carbonyl (C=O) groups excluding carboxylic acids is 2. The minimum absolute atomic E-state index is 0. The van der Waals surface area contributed by atoms with Crippen molar-refractivity contribution in [2.45, 2.75) is 56.1 Å². The van der Waals surface area contributed by atoms with E-state index >= 15 is 0 Å². The van der Waals surface area contributed by atoms with Crippen LogP contribution >= 0.6 is 11.8 Å². The van der Waals surface area contributed by atoms with E-state index in [2.05, 4.69) is 18.7 Å². The van der Waals surface area contributed by atoms with Crippen molar-refractivity contribution in [2.75, 3.05) is 12.9 Å². The number of thioether (sulfide) groups is 1. The van der Waals surface area contributed by atoms with Gasteiger partial charge in [0.2, 0.25) is 0 Å². The predicted molar refractivity (Wildman–Crippen MR) is 133 cm³/mol. The second-order valence-electron chi connectivity index (χ2n) is 7.51. The molecule has 0 aliphatic rings. The summed E-state index contributed by atoms with van der Waals surface area (Å²) >= 11 is 1.74. The van der Waals surface area contributed by atoms with Crippen LogP contribution in [0.25, 0.3) is 6.08 Å². The smallest absolute Gasteiger partial charge is 0.308 e. The second kappa shape index (κ2) is 15.5. The number of ketones is 1. The first-order valence-electron chi connectivity index (χ1n) is 10.6. The number of rotatable bonds is 14. The molecule has 0 aromatic heterocycles. The molecule has 2 aromatic carbocycles. The summed E-state index contributed by atoms with van der Waals surface area (Å²) in [6.45, 7) is 5.28. The molecule has 2 unspecified atom stereocenters. The number of benzene rings is 2. The number of hydrogen-bond acceptors (Lipinski definition) is 5. The number of hydrogen-bond donors (Lipinski definition) is 0. The lowest BCUT2D eigenvalue weighted by Gasteiger charge is -2.19. The van der Waals surface area contributed by atoms with Crippen molar-refractivity contribution in [3.63, 3.8) is 0 Å². The number of methoxy groups -OCH3 is 1. The first-order valence-corrected chi connectivity index (χ1v) is 11.6. The molecule has 169 valence electrons. The third kappa shape index (κ3) is 10.8. The summed E-state index contributed by atoms with van der Waals surface area (Å²) in [6.07, 6.45) is 3.71. The molecule has 0 amide bonds. The molecule has 0 aliphatic heterocycles. The highest BCUT2D eigenvalue weighted by atomic mass is 32.2. The van der Waals surface area contributed by atoms with Crippen LogP contribution < -0.4 is 0 Å². The van der Waals surface area contributed by atoms with Gasteiger partial charge in [-0.05, 0) is 49.4 Å². The molecule has 2 atom stereocenters. The number of esters is 1. The van der Waals surface area contributed by atoms with Gasteiger partial charge in [0.1, 0.15) is 11.9 Å². The summed E-state index contributed by atoms with van der Waals surface area (Å²) in [6, 6.07) is 18.2. The van der Waals surface area contributed by atoms with Crippen molar-refractivity contribution in [3.05, 3.63) is 72.3 Å². The molecule has 0 bridgehead atoms. The van der Waals surface area contributed by atoms with Crippen molar-refractivity contribution in [1.29, 1.82) is 0 Å². The maximum atomic E-state index is 12.5. The van der Waals surface area contributed by atoms with Crippen LogP contribution in [0.1, 0.15) is 43.7 Å². The Morgan fingerprint density at radius 2 is 1.69 bits per heavy atom. The molecule has 6 heteroatoms. The Labute approximate surface area is 198 Å². The van der Waals surface area contributed by atoms with Gasteiger partial charge >= 0.3 is 5.97 Å². The fraction of sp³-hybridized carbons (Fsp3) is 0.385. The lowest BCUT2D eigenvalue weighted by atomic mass is 10.0. The van der Waals surface area contributed by atoms with Crippen molar-refractivity contribution in [1.82, 2.24) is 0 Å². The normalized spacial score (nSPS) is 12.3. The average molecular weight is 451 g/mol. The number of Topliss-reactive ketones (excluding diaryl/α,β-unsaturated/α-hetero) is 1. The lowest BCUT2D eigenvalue weighted by molar-refractivity contribution is -0.153. The van der Waals surface area contributed by atoms with E-state index in [0.29, 0.717) is 6.42 Å². The maximum absolute atomic E-state index is 12.5. The van der Waals surface area contributed by atoms with Gasteiger partial charge in [0, 0.05) is 32.6 Å². The fourth-order valence-corrected chi connectivity index (χ4v) is 4.19. The van der Waals surface area contributed by atoms with Crippen LogP contribution in [0.3, 0.4) is 0 Å². The minimum Gasteiger partial charge on any atom is -0.462 e.